The first-order chi connectivity index (χ1) is 7.29. The van der Waals surface area contributed by atoms with Crippen molar-refractivity contribution in [1.29, 1.82) is 0 Å². The Labute approximate surface area is 89.1 Å². The number of hydrogen-bond donors (Lipinski definition) is 1. The van der Waals surface area contributed by atoms with Gasteiger partial charge in [-0.25, -0.2) is 0 Å². The van der Waals surface area contributed by atoms with Crippen molar-refractivity contribution in [2.45, 2.75) is 13.3 Å². The van der Waals surface area contributed by atoms with Crippen molar-refractivity contribution >= 4 is 5.97 Å². The molecule has 1 rings (SSSR count). The molecule has 1 aromatic carbocycles. The first kappa shape index (κ1) is 11.5. The zero-order valence-corrected chi connectivity index (χ0v) is 8.73. The number of hydrogen-bond acceptors (Lipinski definition) is 4. The Morgan fingerprint density at radius 1 is 1.33 bits per heavy atom. The molecule has 0 amide bonds. The maximum Gasteiger partial charge on any atom is 0.321 e. The molecule has 0 fully saturated rings. The van der Waals surface area contributed by atoms with Crippen LogP contribution in [0.25, 0.3) is 0 Å². The van der Waals surface area contributed by atoms with Crippen LogP contribution in [0.15, 0.2) is 30.3 Å². The molecule has 0 unspecified atom stereocenters. The van der Waals surface area contributed by atoms with Crippen molar-refractivity contribution in [2.24, 2.45) is 0 Å². The number of ether oxygens (including phenoxy) is 1. The second kappa shape index (κ2) is 6.84. The Balaban J connectivity index is 2.00. The predicted octanol–water partition coefficient (Wildman–Crippen LogP) is 1.52. The lowest BCUT2D eigenvalue weighted by Gasteiger charge is -2.06. The number of rotatable bonds is 6. The third-order valence-corrected chi connectivity index (χ3v) is 1.65. The SMILES string of the molecule is CC(=O)ONCCCOc1ccccc1. The van der Waals surface area contributed by atoms with Crippen molar-refractivity contribution in [3.05, 3.63) is 30.3 Å². The van der Waals surface area contributed by atoms with Crippen LogP contribution in [0.4, 0.5) is 0 Å². The van der Waals surface area contributed by atoms with Crippen LogP contribution in [0, 0.1) is 0 Å². The van der Waals surface area contributed by atoms with Gasteiger partial charge in [-0.3, -0.25) is 4.79 Å². The summed E-state index contributed by atoms with van der Waals surface area (Å²) in [5.74, 6) is 0.518. The van der Waals surface area contributed by atoms with E-state index in [1.807, 2.05) is 30.3 Å². The molecule has 1 aromatic rings. The highest BCUT2D eigenvalue weighted by Crippen LogP contribution is 2.07. The van der Waals surface area contributed by atoms with E-state index >= 15 is 0 Å². The van der Waals surface area contributed by atoms with Crippen LogP contribution in [-0.2, 0) is 9.63 Å². The smallest absolute Gasteiger partial charge is 0.321 e. The number of carbonyl (C=O) groups excluding carboxylic acids is 1. The van der Waals surface area contributed by atoms with Crippen LogP contribution in [0.3, 0.4) is 0 Å². The number of benzene rings is 1. The average molecular weight is 209 g/mol. The molecular weight excluding hydrogens is 194 g/mol. The number of nitrogens with one attached hydrogen (secondary N) is 1. The normalized spacial score (nSPS) is 9.67. The van der Waals surface area contributed by atoms with Crippen molar-refractivity contribution in [3.63, 3.8) is 0 Å². The van der Waals surface area contributed by atoms with Crippen LogP contribution in [0.5, 0.6) is 5.75 Å². The monoisotopic (exact) mass is 209 g/mol. The Morgan fingerprint density at radius 2 is 2.07 bits per heavy atom. The number of para-hydroxylation sites is 1. The molecule has 0 radical (unpaired) electrons. The minimum atomic E-state index is -0.334. The molecule has 0 aliphatic heterocycles. The van der Waals surface area contributed by atoms with E-state index in [0.29, 0.717) is 13.2 Å². The second-order valence-corrected chi connectivity index (χ2v) is 3.00. The highest BCUT2D eigenvalue weighted by Gasteiger charge is 1.93. The summed E-state index contributed by atoms with van der Waals surface area (Å²) < 4.78 is 5.43. The van der Waals surface area contributed by atoms with Gasteiger partial charge in [0.2, 0.25) is 0 Å². The quantitative estimate of drug-likeness (QED) is 0.570. The Bertz CT molecular complexity index is 287. The predicted molar refractivity (Wildman–Crippen MR) is 56.3 cm³/mol. The summed E-state index contributed by atoms with van der Waals surface area (Å²) in [5, 5.41) is 0. The summed E-state index contributed by atoms with van der Waals surface area (Å²) in [4.78, 5) is 14.9. The second-order valence-electron chi connectivity index (χ2n) is 3.00. The summed E-state index contributed by atoms with van der Waals surface area (Å²) in [6.45, 7) is 2.54. The van der Waals surface area contributed by atoms with Crippen LogP contribution in [0.2, 0.25) is 0 Å². The van der Waals surface area contributed by atoms with Crippen LogP contribution < -0.4 is 10.2 Å². The standard InChI is InChI=1S/C11H15NO3/c1-10(13)15-12-8-5-9-14-11-6-3-2-4-7-11/h2-4,6-7,12H,5,8-9H2,1H3. The first-order valence-corrected chi connectivity index (χ1v) is 4.87. The van der Waals surface area contributed by atoms with Crippen LogP contribution >= 0.6 is 0 Å². The van der Waals surface area contributed by atoms with E-state index in [-0.39, 0.29) is 5.97 Å². The lowest BCUT2D eigenvalue weighted by Crippen LogP contribution is -2.20. The molecule has 0 aliphatic rings. The summed E-state index contributed by atoms with van der Waals surface area (Å²) in [5.41, 5.74) is 2.54. The minimum Gasteiger partial charge on any atom is -0.494 e. The molecule has 0 saturated heterocycles. The summed E-state index contributed by atoms with van der Waals surface area (Å²) >= 11 is 0. The fraction of sp³-hybridized carbons (Fsp3) is 0.364. The van der Waals surface area contributed by atoms with Gasteiger partial charge in [-0.1, -0.05) is 18.2 Å². The highest BCUT2D eigenvalue weighted by molar-refractivity contribution is 5.65. The van der Waals surface area contributed by atoms with Crippen molar-refractivity contribution < 1.29 is 14.4 Å². The Hall–Kier alpha value is -1.55. The average Bonchev–Trinajstić information content (AvgIpc) is 2.24. The zero-order valence-electron chi connectivity index (χ0n) is 8.73. The molecule has 0 spiro atoms. The summed E-state index contributed by atoms with van der Waals surface area (Å²) in [7, 11) is 0. The Morgan fingerprint density at radius 3 is 2.73 bits per heavy atom. The van der Waals surface area contributed by atoms with Gasteiger partial charge in [0.1, 0.15) is 5.75 Å². The van der Waals surface area contributed by atoms with Crippen LogP contribution in [0.1, 0.15) is 13.3 Å². The third-order valence-electron chi connectivity index (χ3n) is 1.65. The van der Waals surface area contributed by atoms with Gasteiger partial charge in [-0.15, -0.1) is 0 Å². The molecule has 1 N–H and O–H groups in total. The molecule has 0 heterocycles. The van der Waals surface area contributed by atoms with E-state index < -0.39 is 0 Å². The van der Waals surface area contributed by atoms with Gasteiger partial charge in [-0.05, 0) is 18.6 Å². The maximum absolute atomic E-state index is 10.4. The third kappa shape index (κ3) is 5.70. The van der Waals surface area contributed by atoms with Crippen LogP contribution in [-0.4, -0.2) is 19.1 Å². The fourth-order valence-electron chi connectivity index (χ4n) is 1.00. The summed E-state index contributed by atoms with van der Waals surface area (Å²) in [6.07, 6.45) is 0.780. The van der Waals surface area contributed by atoms with Gasteiger partial charge in [0.15, 0.2) is 0 Å². The molecule has 82 valence electrons. The van der Waals surface area contributed by atoms with Gasteiger partial charge in [0, 0.05) is 13.5 Å². The fourth-order valence-corrected chi connectivity index (χ4v) is 1.00. The van der Waals surface area contributed by atoms with Crippen molar-refractivity contribution in [1.82, 2.24) is 5.48 Å². The van der Waals surface area contributed by atoms with Crippen molar-refractivity contribution in [3.8, 4) is 5.75 Å². The van der Waals surface area contributed by atoms with Gasteiger partial charge >= 0.3 is 5.97 Å². The lowest BCUT2D eigenvalue weighted by molar-refractivity contribution is -0.148. The Kier molecular flexibility index (Phi) is 5.25. The van der Waals surface area contributed by atoms with E-state index in [0.717, 1.165) is 12.2 Å². The van der Waals surface area contributed by atoms with E-state index in [2.05, 4.69) is 10.3 Å². The van der Waals surface area contributed by atoms with E-state index in [4.69, 9.17) is 4.74 Å². The number of hydroxylamine groups is 1. The number of carbonyl (C=O) groups is 1. The first-order valence-electron chi connectivity index (χ1n) is 4.87. The highest BCUT2D eigenvalue weighted by atomic mass is 16.7. The van der Waals surface area contributed by atoms with E-state index in [1.165, 1.54) is 6.92 Å². The summed E-state index contributed by atoms with van der Waals surface area (Å²) in [6, 6.07) is 9.59. The molecule has 0 atom stereocenters. The lowest BCUT2D eigenvalue weighted by atomic mass is 10.3. The molecule has 0 aliphatic carbocycles. The molecule has 15 heavy (non-hydrogen) atoms. The van der Waals surface area contributed by atoms with Gasteiger partial charge in [0.25, 0.3) is 0 Å². The van der Waals surface area contributed by atoms with E-state index in [1.54, 1.807) is 0 Å². The minimum absolute atomic E-state index is 0.334. The maximum atomic E-state index is 10.4. The molecule has 0 aromatic heterocycles. The van der Waals surface area contributed by atoms with Gasteiger partial charge < -0.3 is 9.57 Å². The van der Waals surface area contributed by atoms with Gasteiger partial charge in [-0.2, -0.15) is 5.48 Å². The topological polar surface area (TPSA) is 47.6 Å². The van der Waals surface area contributed by atoms with E-state index in [9.17, 15) is 4.79 Å². The molecular formula is C11H15NO3. The molecule has 0 bridgehead atoms. The zero-order chi connectivity index (χ0) is 10.9. The molecule has 4 heteroatoms. The molecule has 0 saturated carbocycles. The largest absolute Gasteiger partial charge is 0.494 e. The van der Waals surface area contributed by atoms with Crippen molar-refractivity contribution in [2.75, 3.05) is 13.2 Å². The molecule has 4 nitrogen and oxygen atoms in total. The van der Waals surface area contributed by atoms with Gasteiger partial charge in [0.05, 0.1) is 6.61 Å².